The van der Waals surface area contributed by atoms with Gasteiger partial charge in [-0.15, -0.1) is 0 Å². The van der Waals surface area contributed by atoms with E-state index in [1.165, 1.54) is 5.56 Å². The van der Waals surface area contributed by atoms with E-state index in [1.54, 1.807) is 0 Å². The third-order valence-corrected chi connectivity index (χ3v) is 4.50. The number of aryl methyl sites for hydroxylation is 1. The lowest BCUT2D eigenvalue weighted by Gasteiger charge is -2.09. The average Bonchev–Trinajstić information content (AvgIpc) is 3.23. The Hall–Kier alpha value is -3.40. The van der Waals surface area contributed by atoms with Gasteiger partial charge in [0.15, 0.2) is 5.82 Å². The third kappa shape index (κ3) is 2.15. The normalized spacial score (nSPS) is 11.4. The molecule has 4 heteroatoms. The maximum Gasteiger partial charge on any atom is 0.166 e. The Labute approximate surface area is 144 Å². The number of para-hydroxylation sites is 3. The van der Waals surface area contributed by atoms with Gasteiger partial charge in [-0.25, -0.2) is 4.98 Å². The molecule has 0 aliphatic heterocycles. The van der Waals surface area contributed by atoms with E-state index < -0.39 is 0 Å². The van der Waals surface area contributed by atoms with Gasteiger partial charge in [0.25, 0.3) is 0 Å². The zero-order valence-electron chi connectivity index (χ0n) is 13.8. The molecule has 25 heavy (non-hydrogen) atoms. The Morgan fingerprint density at radius 2 is 1.72 bits per heavy atom. The second-order valence-electron chi connectivity index (χ2n) is 6.22. The molecule has 0 atom stereocenters. The summed E-state index contributed by atoms with van der Waals surface area (Å²) in [6.45, 7) is 2.10. The molecular formula is C21H16N4. The highest BCUT2D eigenvalue weighted by Gasteiger charge is 2.18. The smallest absolute Gasteiger partial charge is 0.166 e. The van der Waals surface area contributed by atoms with Crippen molar-refractivity contribution in [3.63, 3.8) is 0 Å². The fraction of sp³-hybridized carbons (Fsp3) is 0.0476. The van der Waals surface area contributed by atoms with Crippen molar-refractivity contribution in [2.45, 2.75) is 6.92 Å². The summed E-state index contributed by atoms with van der Waals surface area (Å²) in [6, 6.07) is 24.8. The SMILES string of the molecule is Cc1cccc(-n2c(-c3n[nH]c4ccccc34)nc3ccccc32)c1. The van der Waals surface area contributed by atoms with Crippen molar-refractivity contribution in [1.29, 1.82) is 0 Å². The van der Waals surface area contributed by atoms with Crippen LogP contribution in [0.3, 0.4) is 0 Å². The predicted octanol–water partition coefficient (Wildman–Crippen LogP) is 4.88. The fourth-order valence-electron chi connectivity index (χ4n) is 3.35. The average molecular weight is 324 g/mol. The van der Waals surface area contributed by atoms with E-state index in [0.717, 1.165) is 39.1 Å². The molecule has 0 fully saturated rings. The lowest BCUT2D eigenvalue weighted by molar-refractivity contribution is 1.05. The molecule has 0 saturated heterocycles. The largest absolute Gasteiger partial charge is 0.291 e. The number of rotatable bonds is 2. The zero-order chi connectivity index (χ0) is 16.8. The van der Waals surface area contributed by atoms with Crippen LogP contribution in [0.1, 0.15) is 5.56 Å². The third-order valence-electron chi connectivity index (χ3n) is 4.50. The van der Waals surface area contributed by atoms with E-state index in [9.17, 15) is 0 Å². The molecule has 0 saturated carbocycles. The van der Waals surface area contributed by atoms with Crippen LogP contribution in [0.4, 0.5) is 0 Å². The van der Waals surface area contributed by atoms with Crippen LogP contribution in [-0.4, -0.2) is 19.7 Å². The molecule has 0 unspecified atom stereocenters. The molecule has 2 heterocycles. The van der Waals surface area contributed by atoms with Crippen molar-refractivity contribution in [2.24, 2.45) is 0 Å². The number of benzene rings is 3. The van der Waals surface area contributed by atoms with Crippen molar-refractivity contribution >= 4 is 21.9 Å². The second-order valence-corrected chi connectivity index (χ2v) is 6.22. The molecule has 5 rings (SSSR count). The van der Waals surface area contributed by atoms with Crippen molar-refractivity contribution in [3.8, 4) is 17.2 Å². The highest BCUT2D eigenvalue weighted by Crippen LogP contribution is 2.31. The number of nitrogens with zero attached hydrogens (tertiary/aromatic N) is 3. The summed E-state index contributed by atoms with van der Waals surface area (Å²) in [4.78, 5) is 4.89. The number of H-pyrrole nitrogens is 1. The van der Waals surface area contributed by atoms with Crippen LogP contribution in [0.5, 0.6) is 0 Å². The monoisotopic (exact) mass is 324 g/mol. The molecule has 0 spiro atoms. The zero-order valence-corrected chi connectivity index (χ0v) is 13.8. The topological polar surface area (TPSA) is 46.5 Å². The summed E-state index contributed by atoms with van der Waals surface area (Å²) in [7, 11) is 0. The van der Waals surface area contributed by atoms with E-state index >= 15 is 0 Å². The molecule has 5 aromatic rings. The van der Waals surface area contributed by atoms with Gasteiger partial charge in [0.2, 0.25) is 0 Å². The molecule has 0 aliphatic rings. The van der Waals surface area contributed by atoms with Crippen LogP contribution in [0.25, 0.3) is 39.1 Å². The van der Waals surface area contributed by atoms with Gasteiger partial charge in [0.05, 0.1) is 16.6 Å². The summed E-state index contributed by atoms with van der Waals surface area (Å²) in [5, 5.41) is 8.75. The van der Waals surface area contributed by atoms with Gasteiger partial charge < -0.3 is 0 Å². The van der Waals surface area contributed by atoms with E-state index in [2.05, 4.69) is 58.1 Å². The number of hydrogen-bond donors (Lipinski definition) is 1. The van der Waals surface area contributed by atoms with Crippen LogP contribution in [-0.2, 0) is 0 Å². The number of aromatic nitrogens is 4. The fourth-order valence-corrected chi connectivity index (χ4v) is 3.35. The van der Waals surface area contributed by atoms with Crippen LogP contribution < -0.4 is 0 Å². The van der Waals surface area contributed by atoms with Gasteiger partial charge in [-0.3, -0.25) is 9.67 Å². The van der Waals surface area contributed by atoms with Gasteiger partial charge in [-0.1, -0.05) is 42.5 Å². The molecule has 0 bridgehead atoms. The van der Waals surface area contributed by atoms with Gasteiger partial charge in [-0.2, -0.15) is 5.10 Å². The van der Waals surface area contributed by atoms with Gasteiger partial charge >= 0.3 is 0 Å². The first-order chi connectivity index (χ1) is 12.3. The maximum absolute atomic E-state index is 4.89. The number of imidazole rings is 1. The molecular weight excluding hydrogens is 308 g/mol. The number of nitrogens with one attached hydrogen (secondary N) is 1. The lowest BCUT2D eigenvalue weighted by atomic mass is 10.2. The van der Waals surface area contributed by atoms with Crippen molar-refractivity contribution in [3.05, 3.63) is 78.4 Å². The first kappa shape index (κ1) is 14.0. The van der Waals surface area contributed by atoms with Gasteiger partial charge in [-0.05, 0) is 42.8 Å². The van der Waals surface area contributed by atoms with E-state index in [1.807, 2.05) is 36.4 Å². The molecule has 0 aliphatic carbocycles. The van der Waals surface area contributed by atoms with Crippen molar-refractivity contribution < 1.29 is 0 Å². The highest BCUT2D eigenvalue weighted by molar-refractivity contribution is 5.94. The minimum Gasteiger partial charge on any atom is -0.291 e. The summed E-state index contributed by atoms with van der Waals surface area (Å²) >= 11 is 0. The van der Waals surface area contributed by atoms with Crippen LogP contribution in [0, 0.1) is 6.92 Å². The van der Waals surface area contributed by atoms with Gasteiger partial charge in [0.1, 0.15) is 5.69 Å². The first-order valence-electron chi connectivity index (χ1n) is 8.29. The molecule has 2 aromatic heterocycles. The molecule has 120 valence electrons. The van der Waals surface area contributed by atoms with E-state index in [0.29, 0.717) is 0 Å². The summed E-state index contributed by atoms with van der Waals surface area (Å²) < 4.78 is 2.19. The van der Waals surface area contributed by atoms with Crippen LogP contribution >= 0.6 is 0 Å². The van der Waals surface area contributed by atoms with Crippen molar-refractivity contribution in [1.82, 2.24) is 19.7 Å². The highest BCUT2D eigenvalue weighted by atomic mass is 15.2. The van der Waals surface area contributed by atoms with Crippen molar-refractivity contribution in [2.75, 3.05) is 0 Å². The second kappa shape index (κ2) is 5.31. The number of fused-ring (bicyclic) bond motifs is 2. The van der Waals surface area contributed by atoms with Gasteiger partial charge in [0, 0.05) is 11.1 Å². The minimum atomic E-state index is 0.851. The van der Waals surface area contributed by atoms with Crippen LogP contribution in [0.15, 0.2) is 72.8 Å². The molecule has 4 nitrogen and oxygen atoms in total. The minimum absolute atomic E-state index is 0.851. The van der Waals surface area contributed by atoms with Crippen LogP contribution in [0.2, 0.25) is 0 Å². The number of hydrogen-bond acceptors (Lipinski definition) is 2. The molecule has 3 aromatic carbocycles. The van der Waals surface area contributed by atoms with E-state index in [4.69, 9.17) is 4.98 Å². The number of aromatic amines is 1. The Morgan fingerprint density at radius 1 is 0.880 bits per heavy atom. The molecule has 0 radical (unpaired) electrons. The Balaban J connectivity index is 1.88. The summed E-state index contributed by atoms with van der Waals surface area (Å²) in [5.74, 6) is 0.851. The quantitative estimate of drug-likeness (QED) is 0.503. The predicted molar refractivity (Wildman–Crippen MR) is 101 cm³/mol. The van der Waals surface area contributed by atoms with E-state index in [-0.39, 0.29) is 0 Å². The lowest BCUT2D eigenvalue weighted by Crippen LogP contribution is -1.98. The molecule has 1 N–H and O–H groups in total. The standard InChI is InChI=1S/C21H16N4/c1-14-7-6-8-15(13-14)25-19-12-5-4-11-18(19)22-21(25)20-16-9-2-3-10-17(16)23-24-20/h2-13H,1H3,(H,23,24). The Kier molecular flexibility index (Phi) is 2.97. The molecule has 0 amide bonds. The summed E-state index contributed by atoms with van der Waals surface area (Å²) in [5.41, 5.74) is 6.24. The first-order valence-corrected chi connectivity index (χ1v) is 8.29. The Morgan fingerprint density at radius 3 is 2.64 bits per heavy atom. The summed E-state index contributed by atoms with van der Waals surface area (Å²) in [6.07, 6.45) is 0. The Bertz CT molecular complexity index is 1210. The maximum atomic E-state index is 4.89.